The predicted octanol–water partition coefficient (Wildman–Crippen LogP) is 2.56. The number of phosphoric ester groups is 1. The molecule has 5 heteroatoms. The number of hydrogen-bond donors (Lipinski definition) is 2. The molecule has 14 heavy (non-hydrogen) atoms. The molecule has 0 aromatic heterocycles. The third-order valence-corrected chi connectivity index (χ3v) is 2.97. The van der Waals surface area contributed by atoms with Gasteiger partial charge in [-0.15, -0.1) is 0 Å². The lowest BCUT2D eigenvalue weighted by molar-refractivity contribution is 0.191. The van der Waals surface area contributed by atoms with E-state index in [1.165, 1.54) is 0 Å². The molecule has 1 atom stereocenters. The van der Waals surface area contributed by atoms with Crippen molar-refractivity contribution in [3.05, 3.63) is 0 Å². The highest BCUT2D eigenvalue weighted by atomic mass is 31.2. The Morgan fingerprint density at radius 3 is 2.21 bits per heavy atom. The van der Waals surface area contributed by atoms with Gasteiger partial charge in [0.2, 0.25) is 0 Å². The first kappa shape index (κ1) is 14.1. The van der Waals surface area contributed by atoms with Gasteiger partial charge in [-0.2, -0.15) is 0 Å². The number of phosphoric acid groups is 1. The van der Waals surface area contributed by atoms with E-state index < -0.39 is 7.82 Å². The summed E-state index contributed by atoms with van der Waals surface area (Å²) in [6, 6.07) is 0. The van der Waals surface area contributed by atoms with Crippen LogP contribution in [0.25, 0.3) is 0 Å². The molecule has 0 heterocycles. The van der Waals surface area contributed by atoms with E-state index in [-0.39, 0.29) is 6.61 Å². The maximum atomic E-state index is 10.3. The summed E-state index contributed by atoms with van der Waals surface area (Å²) in [5.74, 6) is 1.32. The van der Waals surface area contributed by atoms with Crippen LogP contribution in [-0.4, -0.2) is 16.4 Å². The molecule has 0 fully saturated rings. The second-order valence-corrected chi connectivity index (χ2v) is 5.28. The fourth-order valence-electron chi connectivity index (χ4n) is 1.09. The molecule has 0 saturated carbocycles. The van der Waals surface area contributed by atoms with Crippen molar-refractivity contribution in [2.45, 2.75) is 40.0 Å². The molecule has 0 aromatic rings. The van der Waals surface area contributed by atoms with E-state index in [1.54, 1.807) is 0 Å². The van der Waals surface area contributed by atoms with Crippen molar-refractivity contribution in [2.24, 2.45) is 11.8 Å². The van der Waals surface area contributed by atoms with Crippen molar-refractivity contribution in [1.29, 1.82) is 0 Å². The van der Waals surface area contributed by atoms with Crippen LogP contribution in [0.1, 0.15) is 40.0 Å². The van der Waals surface area contributed by atoms with Gasteiger partial charge in [0.25, 0.3) is 0 Å². The molecule has 0 bridgehead atoms. The Labute approximate surface area is 85.9 Å². The molecule has 1 unspecified atom stereocenters. The van der Waals surface area contributed by atoms with Crippen molar-refractivity contribution < 1.29 is 18.9 Å². The van der Waals surface area contributed by atoms with Gasteiger partial charge in [0, 0.05) is 0 Å². The average molecular weight is 224 g/mol. The molecule has 0 aliphatic carbocycles. The van der Waals surface area contributed by atoms with Crippen LogP contribution in [-0.2, 0) is 9.09 Å². The van der Waals surface area contributed by atoms with Gasteiger partial charge in [-0.05, 0) is 18.3 Å². The molecule has 0 rings (SSSR count). The molecular formula is C9H21O4P. The fourth-order valence-corrected chi connectivity index (χ4v) is 1.45. The lowest BCUT2D eigenvalue weighted by Crippen LogP contribution is -2.04. The Morgan fingerprint density at radius 1 is 1.21 bits per heavy atom. The summed E-state index contributed by atoms with van der Waals surface area (Å²) < 4.78 is 14.6. The van der Waals surface area contributed by atoms with Crippen LogP contribution in [0.3, 0.4) is 0 Å². The molecule has 86 valence electrons. The molecule has 0 aliphatic rings. The van der Waals surface area contributed by atoms with Gasteiger partial charge in [0.1, 0.15) is 0 Å². The summed E-state index contributed by atoms with van der Waals surface area (Å²) in [5, 5.41) is 0. The minimum atomic E-state index is -4.25. The van der Waals surface area contributed by atoms with Crippen molar-refractivity contribution in [3.8, 4) is 0 Å². The highest BCUT2D eigenvalue weighted by Gasteiger charge is 2.13. The van der Waals surface area contributed by atoms with Gasteiger partial charge in [-0.3, -0.25) is 4.52 Å². The first-order chi connectivity index (χ1) is 6.33. The molecule has 0 radical (unpaired) electrons. The van der Waals surface area contributed by atoms with Gasteiger partial charge in [0.05, 0.1) is 6.61 Å². The molecule has 0 amide bonds. The zero-order chi connectivity index (χ0) is 11.2. The summed E-state index contributed by atoms with van der Waals surface area (Å²) in [7, 11) is -4.25. The second kappa shape index (κ2) is 6.57. The predicted molar refractivity (Wildman–Crippen MR) is 55.8 cm³/mol. The third-order valence-electron chi connectivity index (χ3n) is 2.45. The van der Waals surface area contributed by atoms with Gasteiger partial charge < -0.3 is 9.79 Å². The van der Waals surface area contributed by atoms with Crippen LogP contribution in [0, 0.1) is 11.8 Å². The largest absolute Gasteiger partial charge is 0.469 e. The van der Waals surface area contributed by atoms with Crippen molar-refractivity contribution >= 4 is 7.82 Å². The van der Waals surface area contributed by atoms with E-state index in [0.717, 1.165) is 12.8 Å². The topological polar surface area (TPSA) is 66.8 Å². The number of rotatable bonds is 7. The smallest absolute Gasteiger partial charge is 0.303 e. The van der Waals surface area contributed by atoms with E-state index in [1.807, 2.05) is 0 Å². The van der Waals surface area contributed by atoms with E-state index in [4.69, 9.17) is 9.79 Å². The minimum Gasteiger partial charge on any atom is -0.303 e. The Hall–Kier alpha value is 0.110. The number of unbranched alkanes of at least 4 members (excludes halogenated alkanes) is 1. The Morgan fingerprint density at radius 2 is 1.79 bits per heavy atom. The van der Waals surface area contributed by atoms with Gasteiger partial charge in [-0.25, -0.2) is 4.57 Å². The zero-order valence-electron chi connectivity index (χ0n) is 9.14. The highest BCUT2D eigenvalue weighted by molar-refractivity contribution is 7.46. The van der Waals surface area contributed by atoms with Crippen molar-refractivity contribution in [1.82, 2.24) is 0 Å². The van der Waals surface area contributed by atoms with Crippen molar-refractivity contribution in [3.63, 3.8) is 0 Å². The summed E-state index contributed by atoms with van der Waals surface area (Å²) in [6.45, 7) is 6.69. The molecular weight excluding hydrogens is 203 g/mol. The molecule has 0 saturated heterocycles. The number of hydrogen-bond acceptors (Lipinski definition) is 2. The van der Waals surface area contributed by atoms with Gasteiger partial charge >= 0.3 is 7.82 Å². The molecule has 0 aromatic carbocycles. The molecule has 0 spiro atoms. The van der Waals surface area contributed by atoms with Crippen LogP contribution in [0.2, 0.25) is 0 Å². The SMILES string of the molecule is CC(C)C(C)CCCCOP(=O)(O)O. The monoisotopic (exact) mass is 224 g/mol. The van der Waals surface area contributed by atoms with Crippen LogP contribution in [0.15, 0.2) is 0 Å². The maximum Gasteiger partial charge on any atom is 0.469 e. The van der Waals surface area contributed by atoms with Gasteiger partial charge in [0.15, 0.2) is 0 Å². The third kappa shape index (κ3) is 8.70. The fraction of sp³-hybridized carbons (Fsp3) is 1.00. The average Bonchev–Trinajstić information content (AvgIpc) is 2.01. The molecule has 0 aliphatic heterocycles. The molecule has 2 N–H and O–H groups in total. The first-order valence-corrected chi connectivity index (χ1v) is 6.56. The lowest BCUT2D eigenvalue weighted by Gasteiger charge is -2.14. The van der Waals surface area contributed by atoms with E-state index >= 15 is 0 Å². The first-order valence-electron chi connectivity index (χ1n) is 5.03. The summed E-state index contributed by atoms with van der Waals surface area (Å²) in [5.41, 5.74) is 0. The second-order valence-electron chi connectivity index (χ2n) is 4.04. The zero-order valence-corrected chi connectivity index (χ0v) is 10.0. The van der Waals surface area contributed by atoms with E-state index in [9.17, 15) is 4.57 Å². The van der Waals surface area contributed by atoms with Crippen LogP contribution in [0.5, 0.6) is 0 Å². The summed E-state index contributed by atoms with van der Waals surface area (Å²) in [6.07, 6.45) is 2.75. The van der Waals surface area contributed by atoms with Gasteiger partial charge in [-0.1, -0.05) is 33.6 Å². The minimum absolute atomic E-state index is 0.148. The summed E-state index contributed by atoms with van der Waals surface area (Å²) in [4.78, 5) is 16.8. The Kier molecular flexibility index (Phi) is 6.62. The van der Waals surface area contributed by atoms with E-state index in [2.05, 4.69) is 25.3 Å². The Bertz CT molecular complexity index is 187. The van der Waals surface area contributed by atoms with Crippen LogP contribution in [0.4, 0.5) is 0 Å². The normalized spacial score (nSPS) is 14.7. The lowest BCUT2D eigenvalue weighted by atomic mass is 9.93. The standard InChI is InChI=1S/C9H21O4P/c1-8(2)9(3)6-4-5-7-13-14(10,11)12/h8-9H,4-7H2,1-3H3,(H2,10,11,12). The van der Waals surface area contributed by atoms with Crippen molar-refractivity contribution in [2.75, 3.05) is 6.61 Å². The Balaban J connectivity index is 3.35. The van der Waals surface area contributed by atoms with Crippen LogP contribution < -0.4 is 0 Å². The highest BCUT2D eigenvalue weighted by Crippen LogP contribution is 2.35. The van der Waals surface area contributed by atoms with Crippen LogP contribution >= 0.6 is 7.82 Å². The summed E-state index contributed by atoms with van der Waals surface area (Å²) >= 11 is 0. The van der Waals surface area contributed by atoms with E-state index in [0.29, 0.717) is 18.3 Å². The molecule has 4 nitrogen and oxygen atoms in total. The maximum absolute atomic E-state index is 10.3. The quantitative estimate of drug-likeness (QED) is 0.515.